The maximum atomic E-state index is 8.86. The number of rotatable bonds is 1. The molecule has 0 spiro atoms. The number of nitrogens with zero attached hydrogens (tertiary/aromatic N) is 4. The summed E-state index contributed by atoms with van der Waals surface area (Å²) in [6.45, 7) is 0. The predicted octanol–water partition coefficient (Wildman–Crippen LogP) is 2.27. The van der Waals surface area contributed by atoms with Gasteiger partial charge in [-0.25, -0.2) is 9.50 Å². The van der Waals surface area contributed by atoms with Gasteiger partial charge in [-0.2, -0.15) is 10.4 Å². The van der Waals surface area contributed by atoms with Crippen molar-refractivity contribution in [2.45, 2.75) is 0 Å². The Bertz CT molecular complexity index is 688. The third-order valence-electron chi connectivity index (χ3n) is 2.52. The van der Waals surface area contributed by atoms with Crippen molar-refractivity contribution in [2.24, 2.45) is 0 Å². The first-order chi connectivity index (χ1) is 8.36. The molecule has 0 aliphatic rings. The summed E-state index contributed by atoms with van der Waals surface area (Å²) in [5.41, 5.74) is 3.17. The minimum Gasteiger partial charge on any atom is -0.237 e. The van der Waals surface area contributed by atoms with Crippen molar-refractivity contribution < 1.29 is 0 Å². The van der Waals surface area contributed by atoms with E-state index in [1.54, 1.807) is 16.8 Å². The zero-order valence-corrected chi connectivity index (χ0v) is 8.91. The largest absolute Gasteiger partial charge is 0.237 e. The summed E-state index contributed by atoms with van der Waals surface area (Å²) in [6.07, 6.45) is 3.58. The zero-order valence-electron chi connectivity index (χ0n) is 8.91. The molecule has 0 aliphatic carbocycles. The number of benzene rings is 1. The van der Waals surface area contributed by atoms with E-state index in [2.05, 4.69) is 16.2 Å². The SMILES string of the molecule is N#Cc1cccc(-c2cc3ncccn3n2)c1. The molecule has 4 heteroatoms. The van der Waals surface area contributed by atoms with Crippen LogP contribution in [0.15, 0.2) is 48.8 Å². The molecule has 3 aromatic rings. The van der Waals surface area contributed by atoms with Crippen LogP contribution in [0.3, 0.4) is 0 Å². The van der Waals surface area contributed by atoms with E-state index in [4.69, 9.17) is 5.26 Å². The van der Waals surface area contributed by atoms with Crippen molar-refractivity contribution in [3.63, 3.8) is 0 Å². The van der Waals surface area contributed by atoms with E-state index in [0.717, 1.165) is 16.9 Å². The smallest absolute Gasteiger partial charge is 0.155 e. The Kier molecular flexibility index (Phi) is 2.09. The van der Waals surface area contributed by atoms with Gasteiger partial charge in [-0.1, -0.05) is 12.1 Å². The first kappa shape index (κ1) is 9.55. The third kappa shape index (κ3) is 1.64. The molecular weight excluding hydrogens is 212 g/mol. The van der Waals surface area contributed by atoms with Crippen LogP contribution >= 0.6 is 0 Å². The third-order valence-corrected chi connectivity index (χ3v) is 2.52. The van der Waals surface area contributed by atoms with Crippen LogP contribution < -0.4 is 0 Å². The lowest BCUT2D eigenvalue weighted by Gasteiger charge is -1.95. The molecule has 4 nitrogen and oxygen atoms in total. The molecule has 0 radical (unpaired) electrons. The predicted molar refractivity (Wildman–Crippen MR) is 63.1 cm³/mol. The standard InChI is InChI=1S/C13H8N4/c14-9-10-3-1-4-11(7-10)12-8-13-15-5-2-6-17(13)16-12/h1-8H. The van der Waals surface area contributed by atoms with Crippen LogP contribution in [-0.4, -0.2) is 14.6 Å². The molecule has 0 bridgehead atoms. The van der Waals surface area contributed by atoms with E-state index in [0.29, 0.717) is 5.56 Å². The van der Waals surface area contributed by atoms with E-state index < -0.39 is 0 Å². The fraction of sp³-hybridized carbons (Fsp3) is 0. The maximum absolute atomic E-state index is 8.86. The van der Waals surface area contributed by atoms with Gasteiger partial charge in [-0.05, 0) is 18.2 Å². The van der Waals surface area contributed by atoms with Crippen molar-refractivity contribution in [2.75, 3.05) is 0 Å². The van der Waals surface area contributed by atoms with Crippen LogP contribution in [0, 0.1) is 11.3 Å². The van der Waals surface area contributed by atoms with Gasteiger partial charge >= 0.3 is 0 Å². The maximum Gasteiger partial charge on any atom is 0.155 e. The average Bonchev–Trinajstić information content (AvgIpc) is 2.82. The molecule has 0 amide bonds. The highest BCUT2D eigenvalue weighted by Crippen LogP contribution is 2.19. The van der Waals surface area contributed by atoms with Gasteiger partial charge in [0.15, 0.2) is 5.65 Å². The second-order valence-electron chi connectivity index (χ2n) is 3.64. The summed E-state index contributed by atoms with van der Waals surface area (Å²) in [6, 6.07) is 13.2. The van der Waals surface area contributed by atoms with Gasteiger partial charge in [0.1, 0.15) is 0 Å². The highest BCUT2D eigenvalue weighted by Gasteiger charge is 2.05. The number of hydrogen-bond donors (Lipinski definition) is 0. The van der Waals surface area contributed by atoms with Gasteiger partial charge in [-0.15, -0.1) is 0 Å². The highest BCUT2D eigenvalue weighted by molar-refractivity contribution is 5.65. The van der Waals surface area contributed by atoms with E-state index in [9.17, 15) is 0 Å². The van der Waals surface area contributed by atoms with Gasteiger partial charge < -0.3 is 0 Å². The Morgan fingerprint density at radius 2 is 2.12 bits per heavy atom. The molecule has 0 atom stereocenters. The van der Waals surface area contributed by atoms with Crippen LogP contribution in [0.2, 0.25) is 0 Å². The Morgan fingerprint density at radius 1 is 1.18 bits per heavy atom. The normalized spacial score (nSPS) is 10.3. The van der Waals surface area contributed by atoms with Crippen molar-refractivity contribution in [1.29, 1.82) is 5.26 Å². The van der Waals surface area contributed by atoms with Gasteiger partial charge in [0.25, 0.3) is 0 Å². The van der Waals surface area contributed by atoms with Crippen molar-refractivity contribution in [3.8, 4) is 17.3 Å². The van der Waals surface area contributed by atoms with Crippen LogP contribution in [-0.2, 0) is 0 Å². The quantitative estimate of drug-likeness (QED) is 0.632. The van der Waals surface area contributed by atoms with E-state index in [1.807, 2.05) is 36.5 Å². The summed E-state index contributed by atoms with van der Waals surface area (Å²) >= 11 is 0. The molecule has 2 heterocycles. The van der Waals surface area contributed by atoms with Crippen LogP contribution in [0.4, 0.5) is 0 Å². The Labute approximate surface area is 97.8 Å². The molecule has 0 unspecified atom stereocenters. The minimum absolute atomic E-state index is 0.632. The van der Waals surface area contributed by atoms with E-state index in [1.165, 1.54) is 0 Å². The second kappa shape index (κ2) is 3.72. The van der Waals surface area contributed by atoms with Gasteiger partial charge in [0, 0.05) is 24.0 Å². The van der Waals surface area contributed by atoms with Crippen LogP contribution in [0.25, 0.3) is 16.9 Å². The fourth-order valence-corrected chi connectivity index (χ4v) is 1.72. The molecule has 0 saturated heterocycles. The lowest BCUT2D eigenvalue weighted by atomic mass is 10.1. The molecule has 80 valence electrons. The van der Waals surface area contributed by atoms with Crippen molar-refractivity contribution >= 4 is 5.65 Å². The average molecular weight is 220 g/mol. The zero-order chi connectivity index (χ0) is 11.7. The second-order valence-corrected chi connectivity index (χ2v) is 3.64. The summed E-state index contributed by atoms with van der Waals surface area (Å²) in [4.78, 5) is 4.21. The number of aromatic nitrogens is 3. The highest BCUT2D eigenvalue weighted by atomic mass is 15.2. The summed E-state index contributed by atoms with van der Waals surface area (Å²) in [7, 11) is 0. The van der Waals surface area contributed by atoms with E-state index in [-0.39, 0.29) is 0 Å². The van der Waals surface area contributed by atoms with Crippen LogP contribution in [0.1, 0.15) is 5.56 Å². The molecular formula is C13H8N4. The molecule has 17 heavy (non-hydrogen) atoms. The summed E-state index contributed by atoms with van der Waals surface area (Å²) in [5.74, 6) is 0. The molecule has 0 saturated carbocycles. The number of hydrogen-bond acceptors (Lipinski definition) is 3. The first-order valence-corrected chi connectivity index (χ1v) is 5.18. The van der Waals surface area contributed by atoms with Gasteiger partial charge in [0.2, 0.25) is 0 Å². The van der Waals surface area contributed by atoms with Crippen molar-refractivity contribution in [1.82, 2.24) is 14.6 Å². The van der Waals surface area contributed by atoms with Gasteiger partial charge in [-0.3, -0.25) is 0 Å². The molecule has 1 aromatic carbocycles. The Hall–Kier alpha value is -2.67. The molecule has 0 N–H and O–H groups in total. The fourth-order valence-electron chi connectivity index (χ4n) is 1.72. The van der Waals surface area contributed by atoms with Crippen LogP contribution in [0.5, 0.6) is 0 Å². The Balaban J connectivity index is 2.17. The summed E-state index contributed by atoms with van der Waals surface area (Å²) < 4.78 is 1.72. The number of fused-ring (bicyclic) bond motifs is 1. The molecule has 3 rings (SSSR count). The number of nitriles is 1. The molecule has 0 aliphatic heterocycles. The lowest BCUT2D eigenvalue weighted by Crippen LogP contribution is -1.87. The Morgan fingerprint density at radius 3 is 2.94 bits per heavy atom. The van der Waals surface area contributed by atoms with Gasteiger partial charge in [0.05, 0.1) is 17.3 Å². The molecule has 0 fully saturated rings. The van der Waals surface area contributed by atoms with Crippen molar-refractivity contribution in [3.05, 3.63) is 54.4 Å². The molecule has 2 aromatic heterocycles. The van der Waals surface area contributed by atoms with E-state index >= 15 is 0 Å². The lowest BCUT2D eigenvalue weighted by molar-refractivity contribution is 0.943. The first-order valence-electron chi connectivity index (χ1n) is 5.18. The monoisotopic (exact) mass is 220 g/mol. The topological polar surface area (TPSA) is 54.0 Å². The minimum atomic E-state index is 0.632. The summed E-state index contributed by atoms with van der Waals surface area (Å²) in [5, 5.41) is 13.3.